The van der Waals surface area contributed by atoms with E-state index in [1.54, 1.807) is 14.2 Å². The molecule has 0 aliphatic rings. The molecule has 0 aliphatic carbocycles. The van der Waals surface area contributed by atoms with Crippen LogP contribution in [-0.2, 0) is 19.0 Å². The molecule has 0 amide bonds. The molecule has 0 fully saturated rings. The van der Waals surface area contributed by atoms with Gasteiger partial charge in [0.1, 0.15) is 0 Å². The van der Waals surface area contributed by atoms with Gasteiger partial charge in [0.05, 0.1) is 20.3 Å². The molecule has 0 spiro atoms. The van der Waals surface area contributed by atoms with Crippen molar-refractivity contribution < 1.29 is 19.0 Å². The molecule has 144 valence electrons. The zero-order valence-electron chi connectivity index (χ0n) is 15.3. The molecule has 0 aliphatic heterocycles. The van der Waals surface area contributed by atoms with Crippen molar-refractivity contribution in [2.75, 3.05) is 54.2 Å². The Labute approximate surface area is 163 Å². The maximum absolute atomic E-state index is 11.0. The molecule has 0 aromatic heterocycles. The number of unbranched alkanes of at least 4 members (excludes halogenated alkanes) is 3. The fourth-order valence-corrected chi connectivity index (χ4v) is 1.90. The van der Waals surface area contributed by atoms with Gasteiger partial charge in [-0.1, -0.05) is 12.8 Å². The maximum Gasteiger partial charge on any atom is 0.305 e. The molecule has 0 heterocycles. The van der Waals surface area contributed by atoms with Gasteiger partial charge in [-0.2, -0.15) is 0 Å². The number of esters is 1. The summed E-state index contributed by atoms with van der Waals surface area (Å²) in [4.78, 5) is 15.1. The van der Waals surface area contributed by atoms with E-state index in [1.807, 2.05) is 0 Å². The third-order valence-corrected chi connectivity index (χ3v) is 3.24. The topological polar surface area (TPSA) is 81.2 Å². The number of guanidine groups is 1. The van der Waals surface area contributed by atoms with Crippen molar-refractivity contribution in [3.63, 3.8) is 0 Å². The molecule has 0 saturated carbocycles. The lowest BCUT2D eigenvalue weighted by atomic mass is 10.1. The Morgan fingerprint density at radius 2 is 1.58 bits per heavy atom. The Balaban J connectivity index is 0. The highest BCUT2D eigenvalue weighted by Crippen LogP contribution is 2.03. The minimum Gasteiger partial charge on any atom is -0.469 e. The zero-order valence-corrected chi connectivity index (χ0v) is 17.6. The van der Waals surface area contributed by atoms with Crippen molar-refractivity contribution in [3.8, 4) is 0 Å². The van der Waals surface area contributed by atoms with Crippen LogP contribution >= 0.6 is 24.0 Å². The summed E-state index contributed by atoms with van der Waals surface area (Å²) < 4.78 is 14.9. The lowest BCUT2D eigenvalue weighted by molar-refractivity contribution is -0.140. The molecule has 0 atom stereocenters. The zero-order chi connectivity index (χ0) is 17.2. The molecule has 2 N–H and O–H groups in total. The summed E-state index contributed by atoms with van der Waals surface area (Å²) >= 11 is 0. The third-order valence-electron chi connectivity index (χ3n) is 3.24. The molecule has 0 saturated heterocycles. The number of ether oxygens (including phenoxy) is 3. The molecule has 24 heavy (non-hydrogen) atoms. The predicted octanol–water partition coefficient (Wildman–Crippen LogP) is 1.95. The van der Waals surface area contributed by atoms with Crippen LogP contribution in [0.4, 0.5) is 0 Å². The summed E-state index contributed by atoms with van der Waals surface area (Å²) in [5, 5.41) is 6.53. The van der Waals surface area contributed by atoms with E-state index in [4.69, 9.17) is 9.47 Å². The molecular formula is C16H34IN3O4. The van der Waals surface area contributed by atoms with Crippen LogP contribution < -0.4 is 10.6 Å². The number of nitrogens with one attached hydrogen (secondary N) is 2. The smallest absolute Gasteiger partial charge is 0.305 e. The Bertz CT molecular complexity index is 318. The summed E-state index contributed by atoms with van der Waals surface area (Å²) in [6.45, 7) is 3.69. The quantitative estimate of drug-likeness (QED) is 0.136. The lowest BCUT2D eigenvalue weighted by Gasteiger charge is -2.11. The van der Waals surface area contributed by atoms with E-state index < -0.39 is 0 Å². The molecule has 0 rings (SSSR count). The van der Waals surface area contributed by atoms with E-state index in [1.165, 1.54) is 7.11 Å². The van der Waals surface area contributed by atoms with Crippen molar-refractivity contribution in [1.82, 2.24) is 10.6 Å². The Hall–Kier alpha value is -0.610. The number of halogens is 1. The second kappa shape index (κ2) is 20.4. The van der Waals surface area contributed by atoms with Crippen LogP contribution in [0.15, 0.2) is 4.99 Å². The monoisotopic (exact) mass is 459 g/mol. The number of carbonyl (C=O) groups excluding carboxylic acids is 1. The van der Waals surface area contributed by atoms with Crippen molar-refractivity contribution in [2.24, 2.45) is 4.99 Å². The van der Waals surface area contributed by atoms with Crippen LogP contribution in [0, 0.1) is 0 Å². The SMILES string of the molecule is CN=C(NCCCCCCC(=O)OC)NCCCOCCOC.I. The largest absolute Gasteiger partial charge is 0.469 e. The summed E-state index contributed by atoms with van der Waals surface area (Å²) in [6, 6.07) is 0. The standard InChI is InChI=1S/C16H33N3O4.HI/c1-17-16(19-11-8-12-23-14-13-21-2)18-10-7-5-4-6-9-15(20)22-3;/h4-14H2,1-3H3,(H2,17,18,19);1H. The van der Waals surface area contributed by atoms with E-state index in [0.717, 1.165) is 51.2 Å². The highest BCUT2D eigenvalue weighted by atomic mass is 127. The van der Waals surface area contributed by atoms with E-state index in [9.17, 15) is 4.79 Å². The minimum atomic E-state index is -0.126. The Morgan fingerprint density at radius 3 is 2.21 bits per heavy atom. The van der Waals surface area contributed by atoms with Crippen LogP contribution in [0.2, 0.25) is 0 Å². The molecule has 0 radical (unpaired) electrons. The van der Waals surface area contributed by atoms with Crippen LogP contribution in [0.1, 0.15) is 38.5 Å². The number of rotatable bonds is 14. The lowest BCUT2D eigenvalue weighted by Crippen LogP contribution is -2.38. The number of carbonyl (C=O) groups is 1. The van der Waals surface area contributed by atoms with Crippen LogP contribution in [0.5, 0.6) is 0 Å². The summed E-state index contributed by atoms with van der Waals surface area (Å²) in [6.07, 6.45) is 5.53. The first-order chi connectivity index (χ1) is 11.2. The van der Waals surface area contributed by atoms with Gasteiger partial charge in [-0.15, -0.1) is 24.0 Å². The summed E-state index contributed by atoms with van der Waals surface area (Å²) in [5.74, 6) is 0.690. The van der Waals surface area contributed by atoms with Crippen molar-refractivity contribution in [1.29, 1.82) is 0 Å². The van der Waals surface area contributed by atoms with Crippen LogP contribution in [-0.4, -0.2) is 66.1 Å². The molecular weight excluding hydrogens is 425 g/mol. The van der Waals surface area contributed by atoms with Gasteiger partial charge in [-0.3, -0.25) is 9.79 Å². The Kier molecular flexibility index (Phi) is 21.8. The fraction of sp³-hybridized carbons (Fsp3) is 0.875. The van der Waals surface area contributed by atoms with E-state index in [-0.39, 0.29) is 29.9 Å². The van der Waals surface area contributed by atoms with E-state index in [2.05, 4.69) is 20.4 Å². The van der Waals surface area contributed by atoms with Gasteiger partial charge in [0.25, 0.3) is 0 Å². The van der Waals surface area contributed by atoms with Crippen molar-refractivity contribution in [3.05, 3.63) is 0 Å². The van der Waals surface area contributed by atoms with Gasteiger partial charge >= 0.3 is 5.97 Å². The molecule has 0 aromatic rings. The fourth-order valence-electron chi connectivity index (χ4n) is 1.90. The number of nitrogens with zero attached hydrogens (tertiary/aromatic N) is 1. The van der Waals surface area contributed by atoms with E-state index >= 15 is 0 Å². The highest BCUT2D eigenvalue weighted by molar-refractivity contribution is 14.0. The number of hydrogen-bond donors (Lipinski definition) is 2. The molecule has 7 nitrogen and oxygen atoms in total. The second-order valence-electron chi connectivity index (χ2n) is 5.12. The molecule has 0 unspecified atom stereocenters. The maximum atomic E-state index is 11.0. The highest BCUT2D eigenvalue weighted by Gasteiger charge is 2.00. The van der Waals surface area contributed by atoms with E-state index in [0.29, 0.717) is 26.2 Å². The molecule has 0 aromatic carbocycles. The van der Waals surface area contributed by atoms with Crippen molar-refractivity contribution >= 4 is 35.9 Å². The van der Waals surface area contributed by atoms with Gasteiger partial charge in [0.2, 0.25) is 0 Å². The normalized spacial score (nSPS) is 10.9. The average molecular weight is 459 g/mol. The van der Waals surface area contributed by atoms with Crippen LogP contribution in [0.3, 0.4) is 0 Å². The van der Waals surface area contributed by atoms with Gasteiger partial charge in [0.15, 0.2) is 5.96 Å². The predicted molar refractivity (Wildman–Crippen MR) is 107 cm³/mol. The van der Waals surface area contributed by atoms with Gasteiger partial charge < -0.3 is 24.8 Å². The molecule has 8 heteroatoms. The van der Waals surface area contributed by atoms with Gasteiger partial charge in [-0.05, 0) is 19.3 Å². The summed E-state index contributed by atoms with van der Waals surface area (Å²) in [5.41, 5.74) is 0. The molecule has 0 bridgehead atoms. The third kappa shape index (κ3) is 17.7. The first kappa shape index (κ1) is 25.6. The summed E-state index contributed by atoms with van der Waals surface area (Å²) in [7, 11) is 4.86. The average Bonchev–Trinajstić information content (AvgIpc) is 2.57. The van der Waals surface area contributed by atoms with Crippen molar-refractivity contribution in [2.45, 2.75) is 38.5 Å². The van der Waals surface area contributed by atoms with Gasteiger partial charge in [-0.25, -0.2) is 0 Å². The first-order valence-electron chi connectivity index (χ1n) is 8.32. The van der Waals surface area contributed by atoms with Crippen LogP contribution in [0.25, 0.3) is 0 Å². The van der Waals surface area contributed by atoms with Gasteiger partial charge in [0, 0.05) is 40.3 Å². The number of methoxy groups -OCH3 is 2. The number of aliphatic imine (C=N–C) groups is 1. The Morgan fingerprint density at radius 1 is 0.917 bits per heavy atom. The minimum absolute atomic E-state index is 0. The number of hydrogen-bond acceptors (Lipinski definition) is 5. The first-order valence-corrected chi connectivity index (χ1v) is 8.32. The second-order valence-corrected chi connectivity index (χ2v) is 5.12.